The van der Waals surface area contributed by atoms with Crippen LogP contribution in [0.3, 0.4) is 0 Å². The van der Waals surface area contributed by atoms with Crippen LogP contribution in [0.2, 0.25) is 0 Å². The smallest absolute Gasteiger partial charge is 0.248 e. The molecule has 2 heterocycles. The molecule has 0 N–H and O–H groups in total. The molecule has 0 unspecified atom stereocenters. The molecule has 0 radical (unpaired) electrons. The number of hydrogen-bond acceptors (Lipinski definition) is 4. The van der Waals surface area contributed by atoms with Crippen molar-refractivity contribution in [3.63, 3.8) is 0 Å². The second kappa shape index (κ2) is 8.42. The molecule has 128 valence electrons. The lowest BCUT2D eigenvalue weighted by molar-refractivity contribution is -0.135. The molecule has 0 spiro atoms. The predicted octanol–water partition coefficient (Wildman–Crippen LogP) is 3.10. The molecule has 1 aromatic heterocycles. The molecular formula is C19H24N2O2S. The molecule has 0 aliphatic carbocycles. The van der Waals surface area contributed by atoms with Crippen LogP contribution in [0.15, 0.2) is 42.5 Å². The molecule has 1 aliphatic heterocycles. The molecule has 0 atom stereocenters. The molecule has 2 aromatic rings. The van der Waals surface area contributed by atoms with Crippen LogP contribution in [-0.4, -0.2) is 55.6 Å². The number of ether oxygens (including phenoxy) is 1. The lowest BCUT2D eigenvalue weighted by Crippen LogP contribution is -2.37. The van der Waals surface area contributed by atoms with Crippen molar-refractivity contribution in [2.24, 2.45) is 0 Å². The summed E-state index contributed by atoms with van der Waals surface area (Å²) in [5, 5.41) is 0. The SMILES string of the molecule is COCC(=O)N1CCCN(Cc2ccc(-c3ccccc3)s2)CC1. The van der Waals surface area contributed by atoms with Gasteiger partial charge < -0.3 is 9.64 Å². The minimum atomic E-state index is 0.0989. The lowest BCUT2D eigenvalue weighted by atomic mass is 10.2. The first-order valence-electron chi connectivity index (χ1n) is 8.39. The van der Waals surface area contributed by atoms with Crippen LogP contribution in [0.5, 0.6) is 0 Å². The fourth-order valence-corrected chi connectivity index (χ4v) is 4.09. The average molecular weight is 344 g/mol. The highest BCUT2D eigenvalue weighted by Crippen LogP contribution is 2.28. The lowest BCUT2D eigenvalue weighted by Gasteiger charge is -2.21. The zero-order chi connectivity index (χ0) is 16.8. The Morgan fingerprint density at radius 2 is 1.92 bits per heavy atom. The molecular weight excluding hydrogens is 320 g/mol. The summed E-state index contributed by atoms with van der Waals surface area (Å²) in [5.74, 6) is 0.0989. The molecule has 1 saturated heterocycles. The van der Waals surface area contributed by atoms with Gasteiger partial charge in [-0.1, -0.05) is 30.3 Å². The molecule has 1 aliphatic rings. The van der Waals surface area contributed by atoms with E-state index in [1.165, 1.54) is 15.3 Å². The van der Waals surface area contributed by atoms with Crippen molar-refractivity contribution >= 4 is 17.2 Å². The zero-order valence-corrected chi connectivity index (χ0v) is 14.9. The third-order valence-corrected chi connectivity index (χ3v) is 5.43. The van der Waals surface area contributed by atoms with Gasteiger partial charge in [0.1, 0.15) is 6.61 Å². The summed E-state index contributed by atoms with van der Waals surface area (Å²) in [7, 11) is 1.57. The third-order valence-electron chi connectivity index (χ3n) is 4.31. The Hall–Kier alpha value is -1.69. The minimum absolute atomic E-state index is 0.0989. The first-order valence-corrected chi connectivity index (χ1v) is 9.21. The van der Waals surface area contributed by atoms with Gasteiger partial charge in [-0.2, -0.15) is 0 Å². The fourth-order valence-electron chi connectivity index (χ4n) is 3.03. The Labute approximate surface area is 147 Å². The van der Waals surface area contributed by atoms with Crippen LogP contribution >= 0.6 is 11.3 Å². The summed E-state index contributed by atoms with van der Waals surface area (Å²) in [5.41, 5.74) is 1.28. The van der Waals surface area contributed by atoms with Crippen molar-refractivity contribution in [2.75, 3.05) is 39.9 Å². The van der Waals surface area contributed by atoms with Gasteiger partial charge in [0.25, 0.3) is 0 Å². The molecule has 3 rings (SSSR count). The monoisotopic (exact) mass is 344 g/mol. The number of benzene rings is 1. The number of carbonyl (C=O) groups is 1. The Balaban J connectivity index is 1.57. The maximum Gasteiger partial charge on any atom is 0.248 e. The Morgan fingerprint density at radius 3 is 2.71 bits per heavy atom. The van der Waals surface area contributed by atoms with Gasteiger partial charge in [-0.25, -0.2) is 0 Å². The highest BCUT2D eigenvalue weighted by molar-refractivity contribution is 7.15. The summed E-state index contributed by atoms with van der Waals surface area (Å²) in [6.45, 7) is 4.73. The topological polar surface area (TPSA) is 32.8 Å². The molecule has 1 fully saturated rings. The van der Waals surface area contributed by atoms with E-state index in [9.17, 15) is 4.79 Å². The average Bonchev–Trinajstić information content (AvgIpc) is 2.94. The third kappa shape index (κ3) is 4.44. The fraction of sp³-hybridized carbons (Fsp3) is 0.421. The highest BCUT2D eigenvalue weighted by Gasteiger charge is 2.19. The van der Waals surface area contributed by atoms with Gasteiger partial charge in [0, 0.05) is 49.6 Å². The maximum atomic E-state index is 12.0. The van der Waals surface area contributed by atoms with E-state index in [1.54, 1.807) is 7.11 Å². The van der Waals surface area contributed by atoms with E-state index in [1.807, 2.05) is 22.3 Å². The molecule has 0 saturated carbocycles. The van der Waals surface area contributed by atoms with E-state index in [-0.39, 0.29) is 12.5 Å². The normalized spacial score (nSPS) is 16.1. The van der Waals surface area contributed by atoms with E-state index in [4.69, 9.17) is 4.74 Å². The van der Waals surface area contributed by atoms with Crippen LogP contribution in [0, 0.1) is 0 Å². The van der Waals surface area contributed by atoms with Crippen molar-refractivity contribution < 1.29 is 9.53 Å². The highest BCUT2D eigenvalue weighted by atomic mass is 32.1. The summed E-state index contributed by atoms with van der Waals surface area (Å²) in [6, 6.07) is 14.9. The van der Waals surface area contributed by atoms with Crippen molar-refractivity contribution in [1.82, 2.24) is 9.80 Å². The van der Waals surface area contributed by atoms with Gasteiger partial charge in [0.2, 0.25) is 5.91 Å². The van der Waals surface area contributed by atoms with Gasteiger partial charge in [-0.15, -0.1) is 11.3 Å². The molecule has 0 bridgehead atoms. The molecule has 24 heavy (non-hydrogen) atoms. The van der Waals surface area contributed by atoms with Crippen molar-refractivity contribution in [1.29, 1.82) is 0 Å². The second-order valence-electron chi connectivity index (χ2n) is 6.08. The van der Waals surface area contributed by atoms with Gasteiger partial charge in [0.15, 0.2) is 0 Å². The van der Waals surface area contributed by atoms with E-state index >= 15 is 0 Å². The van der Waals surface area contributed by atoms with E-state index in [2.05, 4.69) is 41.3 Å². The first kappa shape index (κ1) is 17.1. The Bertz CT molecular complexity index is 656. The molecule has 1 aromatic carbocycles. The van der Waals surface area contributed by atoms with E-state index in [0.717, 1.165) is 39.1 Å². The van der Waals surface area contributed by atoms with Gasteiger partial charge >= 0.3 is 0 Å². The number of amides is 1. The number of hydrogen-bond donors (Lipinski definition) is 0. The van der Waals surface area contributed by atoms with Crippen molar-refractivity contribution in [3.8, 4) is 10.4 Å². The number of thiophene rings is 1. The summed E-state index contributed by atoms with van der Waals surface area (Å²) in [4.78, 5) is 19.0. The first-order chi connectivity index (χ1) is 11.8. The zero-order valence-electron chi connectivity index (χ0n) is 14.1. The largest absolute Gasteiger partial charge is 0.375 e. The molecule has 1 amide bonds. The number of nitrogens with zero attached hydrogens (tertiary/aromatic N) is 2. The predicted molar refractivity (Wildman–Crippen MR) is 98.1 cm³/mol. The van der Waals surface area contributed by atoms with Gasteiger partial charge in [0.05, 0.1) is 0 Å². The standard InChI is InChI=1S/C19H24N2O2S/c1-23-15-19(22)21-11-5-10-20(12-13-21)14-17-8-9-18(24-17)16-6-3-2-4-7-16/h2-4,6-9H,5,10-15H2,1H3. The van der Waals surface area contributed by atoms with E-state index in [0.29, 0.717) is 0 Å². The Morgan fingerprint density at radius 1 is 1.08 bits per heavy atom. The Kier molecular flexibility index (Phi) is 6.01. The van der Waals surface area contributed by atoms with Crippen molar-refractivity contribution in [2.45, 2.75) is 13.0 Å². The molecule has 4 nitrogen and oxygen atoms in total. The summed E-state index contributed by atoms with van der Waals surface area (Å²) in [6.07, 6.45) is 1.02. The quantitative estimate of drug-likeness (QED) is 0.836. The summed E-state index contributed by atoms with van der Waals surface area (Å²) >= 11 is 1.86. The van der Waals surface area contributed by atoms with Gasteiger partial charge in [-0.3, -0.25) is 9.69 Å². The molecule has 5 heteroatoms. The van der Waals surface area contributed by atoms with Crippen LogP contribution in [-0.2, 0) is 16.1 Å². The van der Waals surface area contributed by atoms with Crippen LogP contribution in [0.1, 0.15) is 11.3 Å². The van der Waals surface area contributed by atoms with Crippen LogP contribution < -0.4 is 0 Å². The van der Waals surface area contributed by atoms with Crippen molar-refractivity contribution in [3.05, 3.63) is 47.3 Å². The number of carbonyl (C=O) groups excluding carboxylic acids is 1. The summed E-state index contributed by atoms with van der Waals surface area (Å²) < 4.78 is 4.96. The number of methoxy groups -OCH3 is 1. The maximum absolute atomic E-state index is 12.0. The second-order valence-corrected chi connectivity index (χ2v) is 7.24. The van der Waals surface area contributed by atoms with Gasteiger partial charge in [-0.05, 0) is 24.1 Å². The van der Waals surface area contributed by atoms with Crippen LogP contribution in [0.4, 0.5) is 0 Å². The minimum Gasteiger partial charge on any atom is -0.375 e. The van der Waals surface area contributed by atoms with E-state index < -0.39 is 0 Å². The van der Waals surface area contributed by atoms with Crippen LogP contribution in [0.25, 0.3) is 10.4 Å². The number of rotatable bonds is 5.